The Morgan fingerprint density at radius 1 is 1.17 bits per heavy atom. The van der Waals surface area contributed by atoms with Gasteiger partial charge in [-0.15, -0.1) is 10.2 Å². The molecule has 1 aliphatic carbocycles. The van der Waals surface area contributed by atoms with Crippen molar-refractivity contribution < 1.29 is 0 Å². The van der Waals surface area contributed by atoms with Crippen LogP contribution in [0.2, 0.25) is 0 Å². The number of piperidine rings is 1. The van der Waals surface area contributed by atoms with E-state index in [4.69, 9.17) is 5.26 Å². The number of nitriles is 1. The second-order valence-electron chi connectivity index (χ2n) is 6.53. The summed E-state index contributed by atoms with van der Waals surface area (Å²) in [5.74, 6) is 1.88. The molecule has 5 nitrogen and oxygen atoms in total. The summed E-state index contributed by atoms with van der Waals surface area (Å²) in [6.07, 6.45) is 6.29. The summed E-state index contributed by atoms with van der Waals surface area (Å²) >= 11 is 1.73. The summed E-state index contributed by atoms with van der Waals surface area (Å²) in [7, 11) is 0. The Balaban J connectivity index is 1.52. The van der Waals surface area contributed by atoms with Crippen LogP contribution in [0.3, 0.4) is 0 Å². The SMILES string of the molecule is N#Cc1cccc(CSc2nnc(N3CCCCC3)n2C2CC2)c1. The molecule has 2 heterocycles. The van der Waals surface area contributed by atoms with Gasteiger partial charge < -0.3 is 4.90 Å². The molecule has 0 atom stereocenters. The second-order valence-corrected chi connectivity index (χ2v) is 7.47. The van der Waals surface area contributed by atoms with Crippen LogP contribution in [0.4, 0.5) is 5.95 Å². The monoisotopic (exact) mass is 339 g/mol. The molecule has 1 aliphatic heterocycles. The van der Waals surface area contributed by atoms with Gasteiger partial charge in [0.2, 0.25) is 5.95 Å². The predicted molar refractivity (Wildman–Crippen MR) is 95.1 cm³/mol. The number of aromatic nitrogens is 3. The van der Waals surface area contributed by atoms with Gasteiger partial charge in [0, 0.05) is 24.9 Å². The molecular formula is C18H21N5S. The molecule has 2 fully saturated rings. The van der Waals surface area contributed by atoms with Crippen LogP contribution in [0, 0.1) is 11.3 Å². The zero-order valence-corrected chi connectivity index (χ0v) is 14.5. The number of benzene rings is 1. The van der Waals surface area contributed by atoms with E-state index < -0.39 is 0 Å². The van der Waals surface area contributed by atoms with Crippen molar-refractivity contribution >= 4 is 17.7 Å². The highest BCUT2D eigenvalue weighted by Gasteiger charge is 2.31. The fourth-order valence-electron chi connectivity index (χ4n) is 3.21. The summed E-state index contributed by atoms with van der Waals surface area (Å²) in [6.45, 7) is 2.19. The molecule has 6 heteroatoms. The van der Waals surface area contributed by atoms with Crippen LogP contribution in [0.5, 0.6) is 0 Å². The number of rotatable bonds is 5. The van der Waals surface area contributed by atoms with Gasteiger partial charge in [-0.2, -0.15) is 5.26 Å². The first-order chi connectivity index (χ1) is 11.8. The molecule has 1 aromatic heterocycles. The van der Waals surface area contributed by atoms with Crippen molar-refractivity contribution in [2.75, 3.05) is 18.0 Å². The third kappa shape index (κ3) is 3.27. The smallest absolute Gasteiger partial charge is 0.228 e. The molecular weight excluding hydrogens is 318 g/mol. The minimum Gasteiger partial charge on any atom is -0.341 e. The number of hydrogen-bond acceptors (Lipinski definition) is 5. The van der Waals surface area contributed by atoms with Crippen molar-refractivity contribution in [2.45, 2.75) is 49.1 Å². The minimum absolute atomic E-state index is 0.574. The van der Waals surface area contributed by atoms with Gasteiger partial charge in [0.1, 0.15) is 0 Å². The van der Waals surface area contributed by atoms with E-state index in [9.17, 15) is 0 Å². The molecule has 0 unspecified atom stereocenters. The van der Waals surface area contributed by atoms with E-state index >= 15 is 0 Å². The summed E-state index contributed by atoms with van der Waals surface area (Å²) in [5.41, 5.74) is 1.87. The molecule has 2 aliphatic rings. The van der Waals surface area contributed by atoms with E-state index in [0.29, 0.717) is 11.6 Å². The van der Waals surface area contributed by atoms with Gasteiger partial charge >= 0.3 is 0 Å². The Bertz CT molecular complexity index is 753. The number of nitrogens with zero attached hydrogens (tertiary/aromatic N) is 5. The molecule has 0 N–H and O–H groups in total. The van der Waals surface area contributed by atoms with Gasteiger partial charge in [-0.25, -0.2) is 0 Å². The average Bonchev–Trinajstić information content (AvgIpc) is 3.40. The Morgan fingerprint density at radius 3 is 2.75 bits per heavy atom. The normalized spacial score (nSPS) is 17.7. The Kier molecular flexibility index (Phi) is 4.44. The fourth-order valence-corrected chi connectivity index (χ4v) is 4.15. The third-order valence-corrected chi connectivity index (χ3v) is 5.64. The number of anilines is 1. The average molecular weight is 339 g/mol. The van der Waals surface area contributed by atoms with Crippen molar-refractivity contribution in [3.05, 3.63) is 35.4 Å². The quantitative estimate of drug-likeness (QED) is 0.776. The molecule has 0 radical (unpaired) electrons. The summed E-state index contributed by atoms with van der Waals surface area (Å²) < 4.78 is 2.35. The first kappa shape index (κ1) is 15.5. The number of thioether (sulfide) groups is 1. The van der Waals surface area contributed by atoms with Crippen molar-refractivity contribution in [3.8, 4) is 6.07 Å². The molecule has 1 saturated carbocycles. The third-order valence-electron chi connectivity index (χ3n) is 4.62. The highest BCUT2D eigenvalue weighted by Crippen LogP contribution is 2.41. The van der Waals surface area contributed by atoms with Crippen molar-refractivity contribution in [2.24, 2.45) is 0 Å². The second kappa shape index (κ2) is 6.86. The van der Waals surface area contributed by atoms with Gasteiger partial charge in [-0.1, -0.05) is 23.9 Å². The fraction of sp³-hybridized carbons (Fsp3) is 0.500. The lowest BCUT2D eigenvalue weighted by atomic mass is 10.1. The highest BCUT2D eigenvalue weighted by molar-refractivity contribution is 7.98. The van der Waals surface area contributed by atoms with Gasteiger partial charge in [-0.3, -0.25) is 4.57 Å². The van der Waals surface area contributed by atoms with Crippen molar-refractivity contribution in [3.63, 3.8) is 0 Å². The van der Waals surface area contributed by atoms with Gasteiger partial charge in [0.25, 0.3) is 0 Å². The van der Waals surface area contributed by atoms with Gasteiger partial charge in [-0.05, 0) is 49.8 Å². The van der Waals surface area contributed by atoms with E-state index in [-0.39, 0.29) is 0 Å². The van der Waals surface area contributed by atoms with Crippen LogP contribution in [-0.4, -0.2) is 27.9 Å². The molecule has 1 aromatic carbocycles. The van der Waals surface area contributed by atoms with Crippen LogP contribution in [0.1, 0.15) is 49.3 Å². The van der Waals surface area contributed by atoms with E-state index in [2.05, 4.69) is 31.8 Å². The van der Waals surface area contributed by atoms with Gasteiger partial charge in [0.05, 0.1) is 11.6 Å². The van der Waals surface area contributed by atoms with E-state index in [1.54, 1.807) is 11.8 Å². The zero-order valence-electron chi connectivity index (χ0n) is 13.7. The first-order valence-corrected chi connectivity index (χ1v) is 9.65. The molecule has 2 aromatic rings. The van der Waals surface area contributed by atoms with Crippen LogP contribution >= 0.6 is 11.8 Å². The zero-order chi connectivity index (χ0) is 16.4. The molecule has 1 saturated heterocycles. The Labute approximate surface area is 146 Å². The Hall–Kier alpha value is -2.00. The first-order valence-electron chi connectivity index (χ1n) is 8.67. The molecule has 0 bridgehead atoms. The number of hydrogen-bond donors (Lipinski definition) is 0. The predicted octanol–water partition coefficient (Wildman–Crippen LogP) is 3.77. The molecule has 0 spiro atoms. The minimum atomic E-state index is 0.574. The van der Waals surface area contributed by atoms with Gasteiger partial charge in [0.15, 0.2) is 5.16 Å². The molecule has 124 valence electrons. The van der Waals surface area contributed by atoms with Crippen LogP contribution in [-0.2, 0) is 5.75 Å². The molecule has 4 rings (SSSR count). The standard InChI is InChI=1S/C18H21N5S/c19-12-14-5-4-6-15(11-14)13-24-18-21-20-17(23(18)16-7-8-16)22-9-2-1-3-10-22/h4-6,11,16H,1-3,7-10,13H2. The summed E-state index contributed by atoms with van der Waals surface area (Å²) in [5, 5.41) is 19.0. The maximum Gasteiger partial charge on any atom is 0.228 e. The van der Waals surface area contributed by atoms with E-state index in [1.807, 2.05) is 18.2 Å². The molecule has 24 heavy (non-hydrogen) atoms. The van der Waals surface area contributed by atoms with E-state index in [0.717, 1.165) is 35.5 Å². The maximum absolute atomic E-state index is 9.03. The highest BCUT2D eigenvalue weighted by atomic mass is 32.2. The van der Waals surface area contributed by atoms with Crippen LogP contribution in [0.25, 0.3) is 0 Å². The van der Waals surface area contributed by atoms with Crippen molar-refractivity contribution in [1.82, 2.24) is 14.8 Å². The van der Waals surface area contributed by atoms with E-state index in [1.165, 1.54) is 32.1 Å². The lowest BCUT2D eigenvalue weighted by Crippen LogP contribution is -2.31. The van der Waals surface area contributed by atoms with Crippen LogP contribution in [0.15, 0.2) is 29.4 Å². The lowest BCUT2D eigenvalue weighted by Gasteiger charge is -2.27. The summed E-state index contributed by atoms with van der Waals surface area (Å²) in [4.78, 5) is 2.40. The summed E-state index contributed by atoms with van der Waals surface area (Å²) in [6, 6.07) is 10.6. The Morgan fingerprint density at radius 2 is 2.00 bits per heavy atom. The maximum atomic E-state index is 9.03. The van der Waals surface area contributed by atoms with Crippen LogP contribution < -0.4 is 4.90 Å². The topological polar surface area (TPSA) is 57.7 Å². The molecule has 0 amide bonds. The lowest BCUT2D eigenvalue weighted by molar-refractivity contribution is 0.548. The largest absolute Gasteiger partial charge is 0.341 e. The van der Waals surface area contributed by atoms with Crippen molar-refractivity contribution in [1.29, 1.82) is 5.26 Å².